The van der Waals surface area contributed by atoms with Crippen molar-refractivity contribution in [2.75, 3.05) is 0 Å². The zero-order valence-electron chi connectivity index (χ0n) is 14.2. The van der Waals surface area contributed by atoms with Crippen molar-refractivity contribution in [1.29, 1.82) is 0 Å². The number of fused-ring (bicyclic) bond motifs is 1. The van der Waals surface area contributed by atoms with Gasteiger partial charge in [-0.2, -0.15) is 4.99 Å². The van der Waals surface area contributed by atoms with Gasteiger partial charge < -0.3 is 9.67 Å². The van der Waals surface area contributed by atoms with E-state index >= 15 is 0 Å². The fraction of sp³-hybridized carbons (Fsp3) is 0.167. The third-order valence-corrected chi connectivity index (χ3v) is 5.03. The van der Waals surface area contributed by atoms with Gasteiger partial charge in [-0.1, -0.05) is 18.3 Å². The Morgan fingerprint density at radius 1 is 1.07 bits per heavy atom. The van der Waals surface area contributed by atoms with E-state index in [4.69, 9.17) is 0 Å². The van der Waals surface area contributed by atoms with Gasteiger partial charge in [0.05, 0.1) is 10.2 Å². The van der Waals surface area contributed by atoms with Crippen molar-refractivity contribution >= 4 is 33.4 Å². The van der Waals surface area contributed by atoms with E-state index < -0.39 is 41.2 Å². The number of rotatable bonds is 4. The lowest BCUT2D eigenvalue weighted by atomic mass is 10.2. The average molecular weight is 412 g/mol. The lowest BCUT2D eigenvalue weighted by molar-refractivity contribution is -0.140. The predicted octanol–water partition coefficient (Wildman–Crippen LogP) is 4.04. The van der Waals surface area contributed by atoms with Crippen LogP contribution in [0.5, 0.6) is 0 Å². The molecular formula is C18H12F4N2O3S. The number of amides is 1. The molecule has 1 unspecified atom stereocenters. The monoisotopic (exact) mass is 412 g/mol. The summed E-state index contributed by atoms with van der Waals surface area (Å²) in [6.07, 6.45) is 0.0761. The highest BCUT2D eigenvalue weighted by Gasteiger charge is 2.23. The van der Waals surface area contributed by atoms with Gasteiger partial charge in [0, 0.05) is 11.6 Å². The van der Waals surface area contributed by atoms with E-state index in [2.05, 4.69) is 4.99 Å². The zero-order chi connectivity index (χ0) is 20.6. The number of carboxylic acid groups (broad SMARTS) is 1. The fourth-order valence-electron chi connectivity index (χ4n) is 2.66. The molecule has 0 saturated heterocycles. The summed E-state index contributed by atoms with van der Waals surface area (Å²) in [6.45, 7) is 1.57. The maximum absolute atomic E-state index is 13.7. The van der Waals surface area contributed by atoms with Crippen LogP contribution in [0, 0.1) is 23.3 Å². The second-order valence-electron chi connectivity index (χ2n) is 5.80. The molecule has 0 radical (unpaired) electrons. The highest BCUT2D eigenvalue weighted by molar-refractivity contribution is 7.16. The standard InChI is InChI=1S/C18H12F4N2O3S/c1-2-13(17(26)27)24-14-6-11(21)12(22)7-15(14)28-18(24)23-16(25)8-3-4-9(19)10(20)5-8/h3-7,13H,2H2,1H3,(H,26,27). The summed E-state index contributed by atoms with van der Waals surface area (Å²) in [6, 6.07) is 2.95. The first-order valence-electron chi connectivity index (χ1n) is 8.00. The summed E-state index contributed by atoms with van der Waals surface area (Å²) in [7, 11) is 0. The van der Waals surface area contributed by atoms with Gasteiger partial charge in [0.1, 0.15) is 6.04 Å². The Balaban J connectivity index is 2.26. The van der Waals surface area contributed by atoms with Crippen molar-refractivity contribution in [3.8, 4) is 0 Å². The number of benzene rings is 2. The molecule has 146 valence electrons. The number of halogens is 4. The predicted molar refractivity (Wildman–Crippen MR) is 92.9 cm³/mol. The van der Waals surface area contributed by atoms with E-state index in [9.17, 15) is 32.3 Å². The molecule has 0 saturated carbocycles. The fourth-order valence-corrected chi connectivity index (χ4v) is 3.74. The Labute approximate surface area is 159 Å². The maximum Gasteiger partial charge on any atom is 0.326 e. The molecule has 10 heteroatoms. The SMILES string of the molecule is CCC(C(=O)O)n1c(=NC(=O)c2ccc(F)c(F)c2)sc2cc(F)c(F)cc21. The Bertz CT molecular complexity index is 1170. The number of hydrogen-bond acceptors (Lipinski definition) is 3. The van der Waals surface area contributed by atoms with Crippen LogP contribution in [0.25, 0.3) is 10.2 Å². The van der Waals surface area contributed by atoms with Crippen molar-refractivity contribution in [3.63, 3.8) is 0 Å². The van der Waals surface area contributed by atoms with E-state index in [1.54, 1.807) is 6.92 Å². The first-order chi connectivity index (χ1) is 13.2. The normalized spacial score (nSPS) is 13.1. The van der Waals surface area contributed by atoms with E-state index in [0.717, 1.165) is 40.2 Å². The zero-order valence-corrected chi connectivity index (χ0v) is 15.1. The lowest BCUT2D eigenvalue weighted by Gasteiger charge is -2.13. The average Bonchev–Trinajstić information content (AvgIpc) is 2.95. The van der Waals surface area contributed by atoms with E-state index in [-0.39, 0.29) is 27.0 Å². The third kappa shape index (κ3) is 3.55. The van der Waals surface area contributed by atoms with Crippen molar-refractivity contribution in [3.05, 3.63) is 64.0 Å². The van der Waals surface area contributed by atoms with Gasteiger partial charge in [-0.05, 0) is 30.7 Å². The summed E-state index contributed by atoms with van der Waals surface area (Å²) in [5.74, 6) is -6.92. The topological polar surface area (TPSA) is 71.7 Å². The van der Waals surface area contributed by atoms with Crippen LogP contribution < -0.4 is 4.80 Å². The molecule has 0 bridgehead atoms. The van der Waals surface area contributed by atoms with Gasteiger partial charge in [-0.15, -0.1) is 0 Å². The van der Waals surface area contributed by atoms with Gasteiger partial charge in [0.2, 0.25) is 0 Å². The lowest BCUT2D eigenvalue weighted by Crippen LogP contribution is -2.27. The Hall–Kier alpha value is -3.01. The number of aromatic nitrogens is 1. The third-order valence-electron chi connectivity index (χ3n) is 4.02. The van der Waals surface area contributed by atoms with E-state index in [1.165, 1.54) is 0 Å². The number of nitrogens with zero attached hydrogens (tertiary/aromatic N) is 2. The molecule has 0 aliphatic heterocycles. The van der Waals surface area contributed by atoms with Crippen LogP contribution in [0.15, 0.2) is 35.3 Å². The highest BCUT2D eigenvalue weighted by Crippen LogP contribution is 2.25. The van der Waals surface area contributed by atoms with Crippen molar-refractivity contribution in [2.45, 2.75) is 19.4 Å². The van der Waals surface area contributed by atoms with Crippen LogP contribution >= 0.6 is 11.3 Å². The van der Waals surface area contributed by atoms with Gasteiger partial charge in [0.25, 0.3) is 5.91 Å². The molecule has 1 aromatic heterocycles. The van der Waals surface area contributed by atoms with Gasteiger partial charge in [0.15, 0.2) is 28.1 Å². The molecule has 0 fully saturated rings. The minimum absolute atomic E-state index is 0.0509. The van der Waals surface area contributed by atoms with E-state index in [1.807, 2.05) is 0 Å². The number of carbonyl (C=O) groups excluding carboxylic acids is 1. The van der Waals surface area contributed by atoms with Crippen LogP contribution in [0.3, 0.4) is 0 Å². The number of carboxylic acids is 1. The molecule has 28 heavy (non-hydrogen) atoms. The summed E-state index contributed by atoms with van der Waals surface area (Å²) in [5.41, 5.74) is -0.210. The smallest absolute Gasteiger partial charge is 0.326 e. The van der Waals surface area contributed by atoms with Crippen LogP contribution in [0.1, 0.15) is 29.7 Å². The molecule has 1 N–H and O–H groups in total. The summed E-state index contributed by atoms with van der Waals surface area (Å²) < 4.78 is 55.0. The van der Waals surface area contributed by atoms with Crippen LogP contribution in [0.2, 0.25) is 0 Å². The Morgan fingerprint density at radius 3 is 2.32 bits per heavy atom. The van der Waals surface area contributed by atoms with Gasteiger partial charge in [-0.25, -0.2) is 22.4 Å². The molecular weight excluding hydrogens is 400 g/mol. The quantitative estimate of drug-likeness (QED) is 0.658. The maximum atomic E-state index is 13.7. The molecule has 2 aromatic carbocycles. The number of carbonyl (C=O) groups is 2. The second kappa shape index (κ2) is 7.55. The van der Waals surface area contributed by atoms with Crippen molar-refractivity contribution in [1.82, 2.24) is 4.57 Å². The molecule has 1 heterocycles. The summed E-state index contributed by atoms with van der Waals surface area (Å²) in [4.78, 5) is 27.6. The first kappa shape index (κ1) is 19.7. The van der Waals surface area contributed by atoms with Crippen LogP contribution in [0.4, 0.5) is 17.6 Å². The molecule has 0 spiro atoms. The minimum Gasteiger partial charge on any atom is -0.480 e. The second-order valence-corrected chi connectivity index (χ2v) is 6.81. The van der Waals surface area contributed by atoms with E-state index in [0.29, 0.717) is 6.07 Å². The van der Waals surface area contributed by atoms with Crippen LogP contribution in [-0.2, 0) is 4.79 Å². The van der Waals surface area contributed by atoms with Gasteiger partial charge in [-0.3, -0.25) is 4.79 Å². The summed E-state index contributed by atoms with van der Waals surface area (Å²) in [5, 5.41) is 9.47. The Kier molecular flexibility index (Phi) is 5.32. The minimum atomic E-state index is -1.26. The highest BCUT2D eigenvalue weighted by atomic mass is 32.1. The number of aliphatic carboxylic acids is 1. The van der Waals surface area contributed by atoms with Crippen LogP contribution in [-0.4, -0.2) is 21.6 Å². The largest absolute Gasteiger partial charge is 0.480 e. The van der Waals surface area contributed by atoms with Gasteiger partial charge >= 0.3 is 5.97 Å². The molecule has 3 rings (SSSR count). The molecule has 0 aliphatic carbocycles. The first-order valence-corrected chi connectivity index (χ1v) is 8.81. The molecule has 0 aliphatic rings. The molecule has 5 nitrogen and oxygen atoms in total. The van der Waals surface area contributed by atoms with Crippen molar-refractivity contribution < 1.29 is 32.3 Å². The molecule has 1 atom stereocenters. The number of hydrogen-bond donors (Lipinski definition) is 1. The number of thiazole rings is 1. The summed E-state index contributed by atoms with van der Waals surface area (Å²) >= 11 is 0.776. The molecule has 1 amide bonds. The Morgan fingerprint density at radius 2 is 1.71 bits per heavy atom. The van der Waals surface area contributed by atoms with Crippen molar-refractivity contribution in [2.24, 2.45) is 4.99 Å². The molecule has 3 aromatic rings.